The van der Waals surface area contributed by atoms with Crippen molar-refractivity contribution >= 4 is 5.91 Å². The molecular weight excluding hydrogens is 296 g/mol. The SMILES string of the molecule is C[C@@H](CNC(=O)C(F)(F)C1(O)CCCC1)CC1(C)OCCO1. The largest absolute Gasteiger partial charge is 0.383 e. The zero-order chi connectivity index (χ0) is 16.4. The fraction of sp³-hybridized carbons (Fsp3) is 0.933. The second-order valence-corrected chi connectivity index (χ2v) is 6.66. The minimum atomic E-state index is -3.76. The molecule has 7 heteroatoms. The van der Waals surface area contributed by atoms with Crippen molar-refractivity contribution in [3.63, 3.8) is 0 Å². The molecule has 0 radical (unpaired) electrons. The Bertz CT molecular complexity index is 404. The highest BCUT2D eigenvalue weighted by Crippen LogP contribution is 2.42. The van der Waals surface area contributed by atoms with E-state index in [0.29, 0.717) is 32.5 Å². The molecule has 1 aliphatic heterocycles. The average molecular weight is 321 g/mol. The number of ether oxygens (including phenoxy) is 2. The number of hydrogen-bond donors (Lipinski definition) is 2. The first-order valence-corrected chi connectivity index (χ1v) is 7.85. The predicted octanol–water partition coefficient (Wildman–Crippen LogP) is 1.83. The van der Waals surface area contributed by atoms with Gasteiger partial charge in [0.15, 0.2) is 5.79 Å². The van der Waals surface area contributed by atoms with Gasteiger partial charge >= 0.3 is 5.92 Å². The Morgan fingerprint density at radius 1 is 1.32 bits per heavy atom. The topological polar surface area (TPSA) is 67.8 Å². The quantitative estimate of drug-likeness (QED) is 0.783. The van der Waals surface area contributed by atoms with Gasteiger partial charge in [-0.3, -0.25) is 4.79 Å². The Labute approximate surface area is 129 Å². The van der Waals surface area contributed by atoms with Crippen LogP contribution in [-0.4, -0.2) is 48.1 Å². The highest BCUT2D eigenvalue weighted by molar-refractivity contribution is 5.84. The average Bonchev–Trinajstić information content (AvgIpc) is 3.06. The number of nitrogens with one attached hydrogen (secondary N) is 1. The zero-order valence-electron chi connectivity index (χ0n) is 13.2. The van der Waals surface area contributed by atoms with Gasteiger partial charge in [-0.05, 0) is 25.7 Å². The van der Waals surface area contributed by atoms with Crippen molar-refractivity contribution in [1.82, 2.24) is 5.32 Å². The maximum absolute atomic E-state index is 14.1. The smallest absolute Gasteiger partial charge is 0.352 e. The van der Waals surface area contributed by atoms with E-state index in [4.69, 9.17) is 9.47 Å². The number of rotatable bonds is 6. The summed E-state index contributed by atoms with van der Waals surface area (Å²) in [5.74, 6) is -5.95. The molecule has 1 amide bonds. The molecule has 1 saturated carbocycles. The standard InChI is InChI=1S/C15H25F2NO4/c1-11(9-13(2)21-7-8-22-13)10-18-12(19)15(16,17)14(20)5-3-4-6-14/h11,20H,3-10H2,1-2H3,(H,18,19)/t11-/m1/s1. The molecule has 128 valence electrons. The summed E-state index contributed by atoms with van der Waals surface area (Å²) < 4.78 is 39.2. The number of aliphatic hydroxyl groups is 1. The molecule has 1 saturated heterocycles. The summed E-state index contributed by atoms with van der Waals surface area (Å²) in [6, 6.07) is 0. The molecule has 2 fully saturated rings. The molecule has 0 bridgehead atoms. The molecule has 0 unspecified atom stereocenters. The Morgan fingerprint density at radius 3 is 2.41 bits per heavy atom. The monoisotopic (exact) mass is 321 g/mol. The third kappa shape index (κ3) is 3.58. The van der Waals surface area contributed by atoms with Crippen molar-refractivity contribution in [3.05, 3.63) is 0 Å². The van der Waals surface area contributed by atoms with E-state index in [1.807, 2.05) is 6.92 Å². The van der Waals surface area contributed by atoms with Crippen LogP contribution in [0.5, 0.6) is 0 Å². The van der Waals surface area contributed by atoms with Gasteiger partial charge in [0.25, 0.3) is 5.91 Å². The number of carbonyl (C=O) groups is 1. The van der Waals surface area contributed by atoms with Gasteiger partial charge in [0.2, 0.25) is 0 Å². The van der Waals surface area contributed by atoms with Gasteiger partial charge in [-0.1, -0.05) is 19.8 Å². The van der Waals surface area contributed by atoms with E-state index in [1.54, 1.807) is 6.92 Å². The summed E-state index contributed by atoms with van der Waals surface area (Å²) >= 11 is 0. The van der Waals surface area contributed by atoms with Crippen molar-refractivity contribution in [2.75, 3.05) is 19.8 Å². The molecule has 1 atom stereocenters. The molecule has 2 rings (SSSR count). The van der Waals surface area contributed by atoms with Crippen molar-refractivity contribution in [3.8, 4) is 0 Å². The van der Waals surface area contributed by atoms with Crippen LogP contribution in [-0.2, 0) is 14.3 Å². The van der Waals surface area contributed by atoms with E-state index < -0.39 is 23.2 Å². The highest BCUT2D eigenvalue weighted by Gasteiger charge is 2.59. The lowest BCUT2D eigenvalue weighted by atomic mass is 9.92. The fourth-order valence-corrected chi connectivity index (χ4v) is 3.24. The van der Waals surface area contributed by atoms with E-state index in [2.05, 4.69) is 5.32 Å². The van der Waals surface area contributed by atoms with E-state index in [9.17, 15) is 18.7 Å². The molecular formula is C15H25F2NO4. The minimum absolute atomic E-state index is 0.0390. The second kappa shape index (κ2) is 6.37. The van der Waals surface area contributed by atoms with E-state index in [-0.39, 0.29) is 25.3 Å². The van der Waals surface area contributed by atoms with Gasteiger partial charge < -0.3 is 19.9 Å². The molecule has 0 aromatic rings. The van der Waals surface area contributed by atoms with Crippen LogP contribution in [0.3, 0.4) is 0 Å². The van der Waals surface area contributed by atoms with Crippen molar-refractivity contribution in [2.24, 2.45) is 5.92 Å². The first-order chi connectivity index (χ1) is 10.2. The molecule has 5 nitrogen and oxygen atoms in total. The fourth-order valence-electron chi connectivity index (χ4n) is 3.24. The van der Waals surface area contributed by atoms with Crippen LogP contribution in [0.25, 0.3) is 0 Å². The van der Waals surface area contributed by atoms with Crippen molar-refractivity contribution < 1.29 is 28.2 Å². The molecule has 0 aromatic heterocycles. The highest BCUT2D eigenvalue weighted by atomic mass is 19.3. The Balaban J connectivity index is 1.83. The number of hydrogen-bond acceptors (Lipinski definition) is 4. The predicted molar refractivity (Wildman–Crippen MR) is 75.5 cm³/mol. The Hall–Kier alpha value is -0.790. The van der Waals surface area contributed by atoms with Gasteiger partial charge in [0.05, 0.1) is 13.2 Å². The van der Waals surface area contributed by atoms with Gasteiger partial charge in [0.1, 0.15) is 5.60 Å². The molecule has 0 aromatic carbocycles. The zero-order valence-corrected chi connectivity index (χ0v) is 13.2. The summed E-state index contributed by atoms with van der Waals surface area (Å²) in [6.45, 7) is 4.75. The van der Waals surface area contributed by atoms with Crippen LogP contribution in [0.1, 0.15) is 46.0 Å². The maximum Gasteiger partial charge on any atom is 0.352 e. The van der Waals surface area contributed by atoms with Crippen molar-refractivity contribution in [1.29, 1.82) is 0 Å². The Kier molecular flexibility index (Phi) is 5.09. The number of carbonyl (C=O) groups excluding carboxylic acids is 1. The van der Waals surface area contributed by atoms with E-state index >= 15 is 0 Å². The number of amides is 1. The van der Waals surface area contributed by atoms with Crippen LogP contribution < -0.4 is 5.32 Å². The molecule has 2 N–H and O–H groups in total. The first-order valence-electron chi connectivity index (χ1n) is 7.85. The van der Waals surface area contributed by atoms with E-state index in [0.717, 1.165) is 0 Å². The summed E-state index contributed by atoms with van der Waals surface area (Å²) in [4.78, 5) is 11.8. The lowest BCUT2D eigenvalue weighted by molar-refractivity contribution is -0.191. The summed E-state index contributed by atoms with van der Waals surface area (Å²) in [5, 5.41) is 12.2. The summed E-state index contributed by atoms with van der Waals surface area (Å²) in [6.07, 6.45) is 1.46. The lowest BCUT2D eigenvalue weighted by Gasteiger charge is -2.31. The molecule has 22 heavy (non-hydrogen) atoms. The van der Waals surface area contributed by atoms with Crippen LogP contribution >= 0.6 is 0 Å². The maximum atomic E-state index is 14.1. The summed E-state index contributed by atoms with van der Waals surface area (Å²) in [5.41, 5.74) is -2.20. The molecule has 0 spiro atoms. The van der Waals surface area contributed by atoms with Crippen LogP contribution in [0.4, 0.5) is 8.78 Å². The van der Waals surface area contributed by atoms with Crippen LogP contribution in [0, 0.1) is 5.92 Å². The molecule has 2 aliphatic rings. The van der Waals surface area contributed by atoms with Gasteiger partial charge in [0, 0.05) is 13.0 Å². The molecule has 1 aliphatic carbocycles. The van der Waals surface area contributed by atoms with Gasteiger partial charge in [-0.15, -0.1) is 0 Å². The van der Waals surface area contributed by atoms with Crippen molar-refractivity contribution in [2.45, 2.75) is 63.3 Å². The minimum Gasteiger partial charge on any atom is -0.383 e. The van der Waals surface area contributed by atoms with Crippen LogP contribution in [0.2, 0.25) is 0 Å². The van der Waals surface area contributed by atoms with E-state index in [1.165, 1.54) is 0 Å². The van der Waals surface area contributed by atoms with Crippen LogP contribution in [0.15, 0.2) is 0 Å². The Morgan fingerprint density at radius 2 is 1.86 bits per heavy atom. The molecule has 1 heterocycles. The van der Waals surface area contributed by atoms with Gasteiger partial charge in [-0.2, -0.15) is 8.78 Å². The normalized spacial score (nSPS) is 25.1. The second-order valence-electron chi connectivity index (χ2n) is 6.66. The van der Waals surface area contributed by atoms with Gasteiger partial charge in [-0.25, -0.2) is 0 Å². The lowest BCUT2D eigenvalue weighted by Crippen LogP contribution is -2.56. The summed E-state index contributed by atoms with van der Waals surface area (Å²) in [7, 11) is 0. The number of halogens is 2. The third-order valence-electron chi connectivity index (χ3n) is 4.53. The third-order valence-corrected chi connectivity index (χ3v) is 4.53. The number of alkyl halides is 2. The first kappa shape index (κ1) is 17.6.